The van der Waals surface area contributed by atoms with Crippen molar-refractivity contribution in [3.8, 4) is 16.3 Å². The topological polar surface area (TPSA) is 72.0 Å². The van der Waals surface area contributed by atoms with Crippen LogP contribution in [-0.4, -0.2) is 15.3 Å². The third kappa shape index (κ3) is 2.90. The molecule has 0 amide bonds. The SMILES string of the molecule is NC(c1nnc(-c2ccc(Cl)cc2)s1)c1ccccc1O. The third-order valence-corrected chi connectivity index (χ3v) is 4.38. The Morgan fingerprint density at radius 3 is 2.48 bits per heavy atom. The lowest BCUT2D eigenvalue weighted by atomic mass is 10.1. The van der Waals surface area contributed by atoms with Gasteiger partial charge < -0.3 is 10.8 Å². The summed E-state index contributed by atoms with van der Waals surface area (Å²) in [6, 6.07) is 13.9. The van der Waals surface area contributed by atoms with Crippen molar-refractivity contribution >= 4 is 22.9 Å². The Morgan fingerprint density at radius 2 is 1.76 bits per heavy atom. The first kappa shape index (κ1) is 14.0. The molecule has 1 aromatic heterocycles. The van der Waals surface area contributed by atoms with E-state index in [-0.39, 0.29) is 5.75 Å². The molecule has 0 aliphatic heterocycles. The molecule has 4 nitrogen and oxygen atoms in total. The van der Waals surface area contributed by atoms with Gasteiger partial charge in [-0.15, -0.1) is 10.2 Å². The molecule has 0 bridgehead atoms. The van der Waals surface area contributed by atoms with Gasteiger partial charge in [0.15, 0.2) is 0 Å². The molecule has 0 aliphatic rings. The van der Waals surface area contributed by atoms with Crippen LogP contribution in [0.15, 0.2) is 48.5 Å². The number of aromatic nitrogens is 2. The maximum absolute atomic E-state index is 9.86. The second-order valence-corrected chi connectivity index (χ2v) is 5.93. The maximum atomic E-state index is 9.86. The second kappa shape index (κ2) is 5.81. The van der Waals surface area contributed by atoms with Crippen LogP contribution in [0.3, 0.4) is 0 Å². The predicted molar refractivity (Wildman–Crippen MR) is 84.5 cm³/mol. The Labute approximate surface area is 130 Å². The minimum atomic E-state index is -0.496. The fourth-order valence-electron chi connectivity index (χ4n) is 1.95. The number of rotatable bonds is 3. The van der Waals surface area contributed by atoms with E-state index in [1.165, 1.54) is 11.3 Å². The van der Waals surface area contributed by atoms with Gasteiger partial charge in [0.25, 0.3) is 0 Å². The predicted octanol–water partition coefficient (Wildman–Crippen LogP) is 3.61. The van der Waals surface area contributed by atoms with Gasteiger partial charge in [0, 0.05) is 16.1 Å². The van der Waals surface area contributed by atoms with Crippen molar-refractivity contribution < 1.29 is 5.11 Å². The van der Waals surface area contributed by atoms with Crippen LogP contribution in [0.2, 0.25) is 5.02 Å². The molecule has 0 saturated heterocycles. The molecule has 3 N–H and O–H groups in total. The molecule has 106 valence electrons. The van der Waals surface area contributed by atoms with E-state index in [2.05, 4.69) is 10.2 Å². The lowest BCUT2D eigenvalue weighted by Gasteiger charge is -2.09. The molecule has 1 heterocycles. The number of phenols is 1. The molecule has 21 heavy (non-hydrogen) atoms. The van der Waals surface area contributed by atoms with Crippen molar-refractivity contribution in [2.75, 3.05) is 0 Å². The minimum absolute atomic E-state index is 0.160. The van der Waals surface area contributed by atoms with Gasteiger partial charge in [-0.05, 0) is 18.2 Å². The normalized spacial score (nSPS) is 12.3. The number of hydrogen-bond donors (Lipinski definition) is 2. The van der Waals surface area contributed by atoms with Gasteiger partial charge in [0.2, 0.25) is 0 Å². The monoisotopic (exact) mass is 317 g/mol. The van der Waals surface area contributed by atoms with E-state index < -0.39 is 6.04 Å². The van der Waals surface area contributed by atoms with E-state index in [1.54, 1.807) is 30.3 Å². The Kier molecular flexibility index (Phi) is 3.88. The summed E-state index contributed by atoms with van der Waals surface area (Å²) in [7, 11) is 0. The van der Waals surface area contributed by atoms with Crippen LogP contribution in [0.25, 0.3) is 10.6 Å². The number of nitrogens with two attached hydrogens (primary N) is 1. The van der Waals surface area contributed by atoms with Crippen molar-refractivity contribution in [1.29, 1.82) is 0 Å². The molecule has 0 fully saturated rings. The van der Waals surface area contributed by atoms with Crippen LogP contribution in [0.4, 0.5) is 0 Å². The molecule has 1 unspecified atom stereocenters. The van der Waals surface area contributed by atoms with Crippen molar-refractivity contribution in [2.24, 2.45) is 5.73 Å². The molecule has 0 saturated carbocycles. The zero-order chi connectivity index (χ0) is 14.8. The number of nitrogens with zero attached hydrogens (tertiary/aromatic N) is 2. The summed E-state index contributed by atoms with van der Waals surface area (Å²) in [5.41, 5.74) is 7.73. The van der Waals surface area contributed by atoms with Gasteiger partial charge in [0.1, 0.15) is 15.8 Å². The van der Waals surface area contributed by atoms with Crippen LogP contribution in [-0.2, 0) is 0 Å². The highest BCUT2D eigenvalue weighted by Gasteiger charge is 2.18. The number of halogens is 1. The van der Waals surface area contributed by atoms with Gasteiger partial charge in [-0.1, -0.05) is 53.3 Å². The number of benzene rings is 2. The quantitative estimate of drug-likeness (QED) is 0.774. The van der Waals surface area contributed by atoms with E-state index in [1.807, 2.05) is 18.2 Å². The molecule has 0 spiro atoms. The summed E-state index contributed by atoms with van der Waals surface area (Å²) in [6.07, 6.45) is 0. The van der Waals surface area contributed by atoms with E-state index in [0.29, 0.717) is 15.6 Å². The third-order valence-electron chi connectivity index (χ3n) is 3.07. The number of para-hydroxylation sites is 1. The molecule has 1 atom stereocenters. The van der Waals surface area contributed by atoms with E-state index in [9.17, 15) is 5.11 Å². The first-order chi connectivity index (χ1) is 10.1. The Bertz CT molecular complexity index is 758. The van der Waals surface area contributed by atoms with E-state index in [0.717, 1.165) is 10.6 Å². The van der Waals surface area contributed by atoms with Gasteiger partial charge in [-0.2, -0.15) is 0 Å². The van der Waals surface area contributed by atoms with Gasteiger partial charge in [-0.3, -0.25) is 0 Å². The highest BCUT2D eigenvalue weighted by Crippen LogP contribution is 2.32. The summed E-state index contributed by atoms with van der Waals surface area (Å²) in [4.78, 5) is 0. The number of aromatic hydroxyl groups is 1. The summed E-state index contributed by atoms with van der Waals surface area (Å²) >= 11 is 7.27. The zero-order valence-corrected chi connectivity index (χ0v) is 12.5. The van der Waals surface area contributed by atoms with Crippen LogP contribution in [0, 0.1) is 0 Å². The smallest absolute Gasteiger partial charge is 0.147 e. The lowest BCUT2D eigenvalue weighted by molar-refractivity contribution is 0.465. The van der Waals surface area contributed by atoms with Gasteiger partial charge in [-0.25, -0.2) is 0 Å². The van der Waals surface area contributed by atoms with Gasteiger partial charge >= 0.3 is 0 Å². The van der Waals surface area contributed by atoms with Crippen LogP contribution in [0.1, 0.15) is 16.6 Å². The Balaban J connectivity index is 1.91. The highest BCUT2D eigenvalue weighted by atomic mass is 35.5. The first-order valence-electron chi connectivity index (χ1n) is 6.28. The highest BCUT2D eigenvalue weighted by molar-refractivity contribution is 7.14. The van der Waals surface area contributed by atoms with Crippen LogP contribution < -0.4 is 5.73 Å². The van der Waals surface area contributed by atoms with Gasteiger partial charge in [0.05, 0.1) is 6.04 Å². The largest absolute Gasteiger partial charge is 0.508 e. The van der Waals surface area contributed by atoms with E-state index in [4.69, 9.17) is 17.3 Å². The zero-order valence-electron chi connectivity index (χ0n) is 10.9. The molecule has 0 aliphatic carbocycles. The second-order valence-electron chi connectivity index (χ2n) is 4.49. The van der Waals surface area contributed by atoms with Crippen molar-refractivity contribution in [2.45, 2.75) is 6.04 Å². The van der Waals surface area contributed by atoms with Crippen LogP contribution >= 0.6 is 22.9 Å². The van der Waals surface area contributed by atoms with Crippen molar-refractivity contribution in [1.82, 2.24) is 10.2 Å². The lowest BCUT2D eigenvalue weighted by Crippen LogP contribution is -2.11. The summed E-state index contributed by atoms with van der Waals surface area (Å²) in [6.45, 7) is 0. The summed E-state index contributed by atoms with van der Waals surface area (Å²) < 4.78 is 0. The molecule has 2 aromatic carbocycles. The average Bonchev–Trinajstić information content (AvgIpc) is 2.98. The fraction of sp³-hybridized carbons (Fsp3) is 0.0667. The summed E-state index contributed by atoms with van der Waals surface area (Å²) in [5, 5.41) is 20.2. The molecule has 3 rings (SSSR count). The molecule has 0 radical (unpaired) electrons. The summed E-state index contributed by atoms with van der Waals surface area (Å²) in [5.74, 6) is 0.160. The van der Waals surface area contributed by atoms with Crippen LogP contribution in [0.5, 0.6) is 5.75 Å². The molecular formula is C15H12ClN3OS. The van der Waals surface area contributed by atoms with Crippen molar-refractivity contribution in [3.05, 3.63) is 64.1 Å². The van der Waals surface area contributed by atoms with E-state index >= 15 is 0 Å². The molecule has 3 aromatic rings. The Morgan fingerprint density at radius 1 is 1.05 bits per heavy atom. The number of phenolic OH excluding ortho intramolecular Hbond substituents is 1. The molecule has 6 heteroatoms. The standard InChI is InChI=1S/C15H12ClN3OS/c16-10-7-5-9(6-8-10)14-18-19-15(21-14)13(17)11-3-1-2-4-12(11)20/h1-8,13,20H,17H2. The molecular weight excluding hydrogens is 306 g/mol. The maximum Gasteiger partial charge on any atom is 0.147 e. The Hall–Kier alpha value is -1.95. The first-order valence-corrected chi connectivity index (χ1v) is 7.47. The number of hydrogen-bond acceptors (Lipinski definition) is 5. The minimum Gasteiger partial charge on any atom is -0.508 e. The van der Waals surface area contributed by atoms with Crippen molar-refractivity contribution in [3.63, 3.8) is 0 Å². The fourth-order valence-corrected chi connectivity index (χ4v) is 2.95. The average molecular weight is 318 g/mol.